The van der Waals surface area contributed by atoms with E-state index in [4.69, 9.17) is 16.2 Å². The average Bonchev–Trinajstić information content (AvgIpc) is 3.19. The zero-order valence-electron chi connectivity index (χ0n) is 18.5. The van der Waals surface area contributed by atoms with Gasteiger partial charge in [-0.1, -0.05) is 23.5 Å². The van der Waals surface area contributed by atoms with Crippen molar-refractivity contribution in [3.63, 3.8) is 0 Å². The fourth-order valence-corrected chi connectivity index (χ4v) is 4.43. The van der Waals surface area contributed by atoms with Crippen molar-refractivity contribution in [3.05, 3.63) is 40.4 Å². The highest BCUT2D eigenvalue weighted by atomic mass is 32.1. The van der Waals surface area contributed by atoms with Crippen LogP contribution in [0.3, 0.4) is 0 Å². The lowest BCUT2D eigenvalue weighted by Crippen LogP contribution is -2.50. The first kappa shape index (κ1) is 24.0. The third-order valence-electron chi connectivity index (χ3n) is 5.02. The Morgan fingerprint density at radius 3 is 2.30 bits per heavy atom. The number of hydrogen-bond donors (Lipinski definition) is 3. The molecule has 3 rings (SSSR count). The number of anilines is 1. The van der Waals surface area contributed by atoms with Crippen LogP contribution in [-0.4, -0.2) is 71.9 Å². The van der Waals surface area contributed by atoms with Gasteiger partial charge < -0.3 is 31.3 Å². The monoisotopic (exact) mass is 473 g/mol. The van der Waals surface area contributed by atoms with Gasteiger partial charge in [0.15, 0.2) is 11.1 Å². The van der Waals surface area contributed by atoms with Crippen molar-refractivity contribution in [2.75, 3.05) is 38.6 Å². The summed E-state index contributed by atoms with van der Waals surface area (Å²) in [5.41, 5.74) is 13.1. The van der Waals surface area contributed by atoms with Crippen LogP contribution in [0.15, 0.2) is 29.3 Å². The second-order valence-corrected chi connectivity index (χ2v) is 8.43. The van der Waals surface area contributed by atoms with Crippen LogP contribution < -0.4 is 16.8 Å². The third kappa shape index (κ3) is 6.42. The second-order valence-electron chi connectivity index (χ2n) is 7.43. The Bertz CT molecular complexity index is 1040. The molecule has 0 radical (unpaired) electrons. The van der Waals surface area contributed by atoms with Gasteiger partial charge in [-0.25, -0.2) is 14.8 Å². The maximum Gasteiger partial charge on any atom is 0.409 e. The maximum atomic E-state index is 13.2. The van der Waals surface area contributed by atoms with Crippen molar-refractivity contribution in [1.82, 2.24) is 14.8 Å². The number of nitrogens with zero attached hydrogens (tertiary/aromatic N) is 4. The molecule has 0 bridgehead atoms. The zero-order valence-corrected chi connectivity index (χ0v) is 19.4. The lowest BCUT2D eigenvalue weighted by atomic mass is 10.1. The average molecular weight is 474 g/mol. The molecule has 1 saturated heterocycles. The lowest BCUT2D eigenvalue weighted by molar-refractivity contribution is -0.114. The summed E-state index contributed by atoms with van der Waals surface area (Å²) in [5.74, 6) is -0.422. The predicted molar refractivity (Wildman–Crippen MR) is 126 cm³/mol. The van der Waals surface area contributed by atoms with E-state index in [9.17, 15) is 14.4 Å². The normalized spacial score (nSPS) is 13.4. The minimum Gasteiger partial charge on any atom is -0.453 e. The Labute approximate surface area is 195 Å². The SMILES string of the molecule is COC(=O)N1CCN(C(=O)c2sc(NC(C)=O)nc2CCc2ccc(N=C(N)N)cc2)CC1. The highest BCUT2D eigenvalue weighted by molar-refractivity contribution is 7.17. The lowest BCUT2D eigenvalue weighted by Gasteiger charge is -2.33. The first-order chi connectivity index (χ1) is 15.8. The highest BCUT2D eigenvalue weighted by Gasteiger charge is 2.28. The number of thiazole rings is 1. The van der Waals surface area contributed by atoms with Crippen molar-refractivity contribution in [1.29, 1.82) is 0 Å². The van der Waals surface area contributed by atoms with E-state index in [-0.39, 0.29) is 17.8 Å². The molecule has 1 fully saturated rings. The van der Waals surface area contributed by atoms with Gasteiger partial charge >= 0.3 is 6.09 Å². The van der Waals surface area contributed by atoms with E-state index in [1.165, 1.54) is 14.0 Å². The standard InChI is InChI=1S/C21H27N7O4S/c1-13(29)24-20-26-16(8-5-14-3-6-15(7-4-14)25-19(22)23)17(33-20)18(30)27-9-11-28(12-10-27)21(31)32-2/h3-4,6-7H,5,8-12H2,1-2H3,(H4,22,23,25)(H,24,26,29). The van der Waals surface area contributed by atoms with Gasteiger partial charge in [-0.05, 0) is 30.5 Å². The number of carbonyl (C=O) groups excluding carboxylic acids is 3. The van der Waals surface area contributed by atoms with E-state index >= 15 is 0 Å². The molecule has 2 heterocycles. The molecular weight excluding hydrogens is 446 g/mol. The van der Waals surface area contributed by atoms with Crippen LogP contribution >= 0.6 is 11.3 Å². The Hall–Kier alpha value is -3.67. The molecule has 1 aliphatic heterocycles. The number of aromatic nitrogens is 1. The molecule has 12 heteroatoms. The number of ether oxygens (including phenoxy) is 1. The number of nitrogens with one attached hydrogen (secondary N) is 1. The number of hydrogen-bond acceptors (Lipinski definition) is 7. The fraction of sp³-hybridized carbons (Fsp3) is 0.381. The number of piperazine rings is 1. The molecule has 0 aliphatic carbocycles. The molecule has 176 valence electrons. The van der Waals surface area contributed by atoms with Gasteiger partial charge in [0, 0.05) is 33.1 Å². The van der Waals surface area contributed by atoms with Crippen LogP contribution in [0.1, 0.15) is 27.9 Å². The van der Waals surface area contributed by atoms with E-state index in [1.807, 2.05) is 24.3 Å². The molecule has 1 aromatic heterocycles. The molecule has 2 aromatic rings. The molecule has 0 saturated carbocycles. The van der Waals surface area contributed by atoms with E-state index in [2.05, 4.69) is 15.3 Å². The van der Waals surface area contributed by atoms with Gasteiger partial charge in [-0.15, -0.1) is 0 Å². The van der Waals surface area contributed by atoms with Crippen LogP contribution in [0.25, 0.3) is 0 Å². The molecule has 33 heavy (non-hydrogen) atoms. The first-order valence-corrected chi connectivity index (χ1v) is 11.2. The Balaban J connectivity index is 1.73. The largest absolute Gasteiger partial charge is 0.453 e. The number of methoxy groups -OCH3 is 1. The summed E-state index contributed by atoms with van der Waals surface area (Å²) in [5, 5.41) is 3.05. The first-order valence-electron chi connectivity index (χ1n) is 10.3. The fourth-order valence-electron chi connectivity index (χ4n) is 3.41. The van der Waals surface area contributed by atoms with Gasteiger partial charge in [0.1, 0.15) is 4.88 Å². The van der Waals surface area contributed by atoms with Crippen molar-refractivity contribution in [3.8, 4) is 0 Å². The minimum absolute atomic E-state index is 0.00806. The Morgan fingerprint density at radius 2 is 1.73 bits per heavy atom. The summed E-state index contributed by atoms with van der Waals surface area (Å²) < 4.78 is 4.75. The molecule has 11 nitrogen and oxygen atoms in total. The summed E-state index contributed by atoms with van der Waals surface area (Å²) in [6.07, 6.45) is 0.752. The number of amides is 3. The number of aryl methyl sites for hydroxylation is 2. The number of aliphatic imine (C=N–C) groups is 1. The molecule has 3 amide bonds. The molecule has 5 N–H and O–H groups in total. The molecule has 0 atom stereocenters. The molecule has 0 spiro atoms. The quantitative estimate of drug-likeness (QED) is 0.422. The van der Waals surface area contributed by atoms with E-state index in [0.717, 1.165) is 16.9 Å². The van der Waals surface area contributed by atoms with Crippen molar-refractivity contribution < 1.29 is 19.1 Å². The topological polar surface area (TPSA) is 156 Å². The number of guanidine groups is 1. The van der Waals surface area contributed by atoms with Crippen LogP contribution in [0.5, 0.6) is 0 Å². The zero-order chi connectivity index (χ0) is 24.0. The van der Waals surface area contributed by atoms with Crippen molar-refractivity contribution in [2.24, 2.45) is 16.5 Å². The smallest absolute Gasteiger partial charge is 0.409 e. The van der Waals surface area contributed by atoms with Crippen LogP contribution in [0.2, 0.25) is 0 Å². The Morgan fingerprint density at radius 1 is 1.09 bits per heavy atom. The molecule has 1 aromatic carbocycles. The van der Waals surface area contributed by atoms with Crippen LogP contribution in [0, 0.1) is 0 Å². The molecule has 1 aliphatic rings. The number of nitrogens with two attached hydrogens (primary N) is 2. The van der Waals surface area contributed by atoms with Crippen LogP contribution in [0.4, 0.5) is 15.6 Å². The van der Waals surface area contributed by atoms with Gasteiger partial charge in [-0.2, -0.15) is 0 Å². The third-order valence-corrected chi connectivity index (χ3v) is 6.02. The summed E-state index contributed by atoms with van der Waals surface area (Å²) in [6, 6.07) is 7.45. The highest BCUT2D eigenvalue weighted by Crippen LogP contribution is 2.27. The van der Waals surface area contributed by atoms with Gasteiger partial charge in [0.05, 0.1) is 18.5 Å². The summed E-state index contributed by atoms with van der Waals surface area (Å²) in [4.78, 5) is 48.7. The number of rotatable bonds is 6. The van der Waals surface area contributed by atoms with Gasteiger partial charge in [-0.3, -0.25) is 9.59 Å². The summed E-state index contributed by atoms with van der Waals surface area (Å²) in [6.45, 7) is 2.98. The predicted octanol–water partition coefficient (Wildman–Crippen LogP) is 1.32. The number of benzene rings is 1. The van der Waals surface area contributed by atoms with Gasteiger partial charge in [0.25, 0.3) is 5.91 Å². The van der Waals surface area contributed by atoms with Gasteiger partial charge in [0.2, 0.25) is 5.91 Å². The summed E-state index contributed by atoms with van der Waals surface area (Å²) >= 11 is 1.16. The minimum atomic E-state index is -0.403. The second kappa shape index (κ2) is 10.8. The Kier molecular flexibility index (Phi) is 7.83. The van der Waals surface area contributed by atoms with E-state index < -0.39 is 6.09 Å². The summed E-state index contributed by atoms with van der Waals surface area (Å²) in [7, 11) is 1.33. The number of carbonyl (C=O) groups is 3. The van der Waals surface area contributed by atoms with E-state index in [0.29, 0.717) is 60.4 Å². The van der Waals surface area contributed by atoms with Crippen molar-refractivity contribution >= 4 is 46.0 Å². The van der Waals surface area contributed by atoms with Crippen molar-refractivity contribution in [2.45, 2.75) is 19.8 Å². The molecule has 0 unspecified atom stereocenters. The van der Waals surface area contributed by atoms with Crippen LogP contribution in [-0.2, 0) is 22.4 Å². The molecular formula is C21H27N7O4S. The maximum absolute atomic E-state index is 13.2. The van der Waals surface area contributed by atoms with E-state index in [1.54, 1.807) is 9.80 Å².